The topological polar surface area (TPSA) is 75.6 Å². The third-order valence-electron chi connectivity index (χ3n) is 2.45. The van der Waals surface area contributed by atoms with Gasteiger partial charge in [-0.1, -0.05) is 19.8 Å². The molecule has 0 saturated heterocycles. The minimum atomic E-state index is -1.02. The smallest absolute Gasteiger partial charge is 0.335 e. The first-order valence-electron chi connectivity index (χ1n) is 5.89. The van der Waals surface area contributed by atoms with E-state index in [0.717, 1.165) is 19.3 Å². The van der Waals surface area contributed by atoms with Crippen LogP contribution in [-0.2, 0) is 4.79 Å². The predicted molar refractivity (Wildman–Crippen MR) is 68.1 cm³/mol. The summed E-state index contributed by atoms with van der Waals surface area (Å²) in [6.45, 7) is 2.59. The standard InChI is InChI=1S/C13H17NO4/c1-2-3-4-7-18-12-8-10(13(16)17)5-6-11(12)14-9-15/h5-6,8-9H,2-4,7H2,1H3,(H,14,15)(H,16,17). The first kappa shape index (κ1) is 14.0. The molecule has 18 heavy (non-hydrogen) atoms. The van der Waals surface area contributed by atoms with E-state index in [1.807, 2.05) is 0 Å². The minimum absolute atomic E-state index is 0.136. The number of hydrogen-bond donors (Lipinski definition) is 2. The molecular formula is C13H17NO4. The average molecular weight is 251 g/mol. The van der Waals surface area contributed by atoms with Crippen molar-refractivity contribution in [3.63, 3.8) is 0 Å². The van der Waals surface area contributed by atoms with Crippen molar-refractivity contribution in [3.05, 3.63) is 23.8 Å². The number of anilines is 1. The van der Waals surface area contributed by atoms with E-state index < -0.39 is 5.97 Å². The molecule has 5 heteroatoms. The number of carboxylic acid groups (broad SMARTS) is 1. The van der Waals surface area contributed by atoms with E-state index in [2.05, 4.69) is 12.2 Å². The lowest BCUT2D eigenvalue weighted by molar-refractivity contribution is -0.105. The van der Waals surface area contributed by atoms with Crippen molar-refractivity contribution in [1.82, 2.24) is 0 Å². The molecule has 5 nitrogen and oxygen atoms in total. The van der Waals surface area contributed by atoms with E-state index in [1.165, 1.54) is 18.2 Å². The van der Waals surface area contributed by atoms with Gasteiger partial charge in [0.2, 0.25) is 6.41 Å². The number of ether oxygens (including phenoxy) is 1. The number of benzene rings is 1. The van der Waals surface area contributed by atoms with Crippen molar-refractivity contribution in [2.45, 2.75) is 26.2 Å². The van der Waals surface area contributed by atoms with Crippen LogP contribution in [0.25, 0.3) is 0 Å². The lowest BCUT2D eigenvalue weighted by Gasteiger charge is -2.11. The Bertz CT molecular complexity index is 417. The van der Waals surface area contributed by atoms with Crippen LogP contribution in [0, 0.1) is 0 Å². The summed E-state index contributed by atoms with van der Waals surface area (Å²) in [5.74, 6) is -0.635. The maximum absolute atomic E-state index is 10.9. The molecule has 0 spiro atoms. The monoisotopic (exact) mass is 251 g/mol. The summed E-state index contributed by atoms with van der Waals surface area (Å²) >= 11 is 0. The molecule has 0 fully saturated rings. The number of hydrogen-bond acceptors (Lipinski definition) is 3. The van der Waals surface area contributed by atoms with Crippen molar-refractivity contribution in [3.8, 4) is 5.75 Å². The second kappa shape index (κ2) is 7.32. The molecule has 1 aromatic rings. The van der Waals surface area contributed by atoms with Crippen LogP contribution in [0.4, 0.5) is 5.69 Å². The Morgan fingerprint density at radius 2 is 2.22 bits per heavy atom. The van der Waals surface area contributed by atoms with Crippen molar-refractivity contribution in [1.29, 1.82) is 0 Å². The number of carbonyl (C=O) groups excluding carboxylic acids is 1. The molecule has 1 aromatic carbocycles. The zero-order valence-electron chi connectivity index (χ0n) is 10.3. The quantitative estimate of drug-likeness (QED) is 0.550. The summed E-state index contributed by atoms with van der Waals surface area (Å²) in [7, 11) is 0. The van der Waals surface area contributed by atoms with Crippen molar-refractivity contribution >= 4 is 18.1 Å². The number of amides is 1. The van der Waals surface area contributed by atoms with Crippen molar-refractivity contribution in [2.75, 3.05) is 11.9 Å². The normalized spacial score (nSPS) is 9.83. The van der Waals surface area contributed by atoms with Gasteiger partial charge in [0.1, 0.15) is 5.75 Å². The Morgan fingerprint density at radius 1 is 1.44 bits per heavy atom. The van der Waals surface area contributed by atoms with Gasteiger partial charge in [-0.05, 0) is 24.6 Å². The fraction of sp³-hybridized carbons (Fsp3) is 0.385. The van der Waals surface area contributed by atoms with Gasteiger partial charge in [-0.15, -0.1) is 0 Å². The fourth-order valence-electron chi connectivity index (χ4n) is 1.49. The van der Waals surface area contributed by atoms with E-state index in [0.29, 0.717) is 24.5 Å². The highest BCUT2D eigenvalue weighted by atomic mass is 16.5. The SMILES string of the molecule is CCCCCOc1cc(C(=O)O)ccc1NC=O. The third-order valence-corrected chi connectivity index (χ3v) is 2.45. The van der Waals surface area contributed by atoms with Crippen LogP contribution in [0.15, 0.2) is 18.2 Å². The number of carboxylic acids is 1. The first-order valence-corrected chi connectivity index (χ1v) is 5.89. The maximum Gasteiger partial charge on any atom is 0.335 e. The van der Waals surface area contributed by atoms with Crippen LogP contribution in [0.1, 0.15) is 36.5 Å². The second-order valence-electron chi connectivity index (χ2n) is 3.83. The number of nitrogens with one attached hydrogen (secondary N) is 1. The number of carbonyl (C=O) groups is 2. The van der Waals surface area contributed by atoms with Crippen molar-refractivity contribution < 1.29 is 19.4 Å². The summed E-state index contributed by atoms with van der Waals surface area (Å²) in [5.41, 5.74) is 0.614. The van der Waals surface area contributed by atoms with E-state index in [-0.39, 0.29) is 5.56 Å². The number of rotatable bonds is 8. The van der Waals surface area contributed by atoms with Crippen LogP contribution in [0.5, 0.6) is 5.75 Å². The lowest BCUT2D eigenvalue weighted by Crippen LogP contribution is -2.04. The lowest BCUT2D eigenvalue weighted by atomic mass is 10.2. The Labute approximate surface area is 106 Å². The molecule has 0 heterocycles. The Morgan fingerprint density at radius 3 is 2.83 bits per heavy atom. The van der Waals surface area contributed by atoms with Gasteiger partial charge in [0.25, 0.3) is 0 Å². The second-order valence-corrected chi connectivity index (χ2v) is 3.83. The van der Waals surface area contributed by atoms with E-state index in [9.17, 15) is 9.59 Å². The van der Waals surface area contributed by atoms with Crippen LogP contribution < -0.4 is 10.1 Å². The van der Waals surface area contributed by atoms with Gasteiger partial charge in [0.15, 0.2) is 0 Å². The highest BCUT2D eigenvalue weighted by Crippen LogP contribution is 2.25. The van der Waals surface area contributed by atoms with Gasteiger partial charge in [-0.25, -0.2) is 4.79 Å². The largest absolute Gasteiger partial charge is 0.491 e. The third kappa shape index (κ3) is 4.08. The minimum Gasteiger partial charge on any atom is -0.491 e. The van der Waals surface area contributed by atoms with Gasteiger partial charge in [-0.2, -0.15) is 0 Å². The van der Waals surface area contributed by atoms with Gasteiger partial charge >= 0.3 is 5.97 Å². The Balaban J connectivity index is 2.78. The summed E-state index contributed by atoms with van der Waals surface area (Å²) < 4.78 is 5.50. The van der Waals surface area contributed by atoms with E-state index in [4.69, 9.17) is 9.84 Å². The average Bonchev–Trinajstić information content (AvgIpc) is 2.36. The van der Waals surface area contributed by atoms with Crippen LogP contribution in [0.2, 0.25) is 0 Å². The Kier molecular flexibility index (Phi) is 5.70. The first-order chi connectivity index (χ1) is 8.69. The molecule has 0 atom stereocenters. The highest BCUT2D eigenvalue weighted by molar-refractivity contribution is 5.90. The zero-order chi connectivity index (χ0) is 13.4. The summed E-state index contributed by atoms with van der Waals surface area (Å²) in [5, 5.41) is 11.4. The summed E-state index contributed by atoms with van der Waals surface area (Å²) in [6.07, 6.45) is 3.57. The molecule has 0 aliphatic rings. The molecule has 98 valence electrons. The van der Waals surface area contributed by atoms with E-state index >= 15 is 0 Å². The van der Waals surface area contributed by atoms with Crippen LogP contribution >= 0.6 is 0 Å². The molecule has 1 amide bonds. The molecule has 2 N–H and O–H groups in total. The van der Waals surface area contributed by atoms with Crippen LogP contribution in [-0.4, -0.2) is 24.1 Å². The van der Waals surface area contributed by atoms with Gasteiger partial charge in [0.05, 0.1) is 17.9 Å². The van der Waals surface area contributed by atoms with E-state index in [1.54, 1.807) is 0 Å². The predicted octanol–water partition coefficient (Wildman–Crippen LogP) is 2.52. The molecular weight excluding hydrogens is 234 g/mol. The molecule has 0 saturated carbocycles. The van der Waals surface area contributed by atoms with Crippen molar-refractivity contribution in [2.24, 2.45) is 0 Å². The summed E-state index contributed by atoms with van der Waals surface area (Å²) in [4.78, 5) is 21.3. The summed E-state index contributed by atoms with van der Waals surface area (Å²) in [6, 6.07) is 4.36. The molecule has 0 aliphatic carbocycles. The van der Waals surface area contributed by atoms with Crippen LogP contribution in [0.3, 0.4) is 0 Å². The zero-order valence-corrected chi connectivity index (χ0v) is 10.3. The molecule has 0 aliphatic heterocycles. The molecule has 0 unspecified atom stereocenters. The highest BCUT2D eigenvalue weighted by Gasteiger charge is 2.09. The molecule has 0 aromatic heterocycles. The molecule has 0 radical (unpaired) electrons. The van der Waals surface area contributed by atoms with Gasteiger partial charge < -0.3 is 15.2 Å². The Hall–Kier alpha value is -2.04. The molecule has 1 rings (SSSR count). The van der Waals surface area contributed by atoms with Gasteiger partial charge in [0, 0.05) is 0 Å². The maximum atomic E-state index is 10.9. The number of unbranched alkanes of at least 4 members (excludes halogenated alkanes) is 2. The number of aromatic carboxylic acids is 1. The fourth-order valence-corrected chi connectivity index (χ4v) is 1.49. The molecule has 0 bridgehead atoms. The van der Waals surface area contributed by atoms with Gasteiger partial charge in [-0.3, -0.25) is 4.79 Å².